The number of carbonyl (C=O) groups is 1. The summed E-state index contributed by atoms with van der Waals surface area (Å²) in [4.78, 5) is 16.9. The third kappa shape index (κ3) is 4.35. The number of hydrogen-bond acceptors (Lipinski definition) is 5. The van der Waals surface area contributed by atoms with E-state index in [1.54, 1.807) is 30.3 Å². The van der Waals surface area contributed by atoms with E-state index in [0.717, 1.165) is 12.1 Å². The van der Waals surface area contributed by atoms with Gasteiger partial charge in [0, 0.05) is 5.71 Å². The summed E-state index contributed by atoms with van der Waals surface area (Å²) in [5.74, 6) is -0.371. The van der Waals surface area contributed by atoms with Crippen molar-refractivity contribution in [3.05, 3.63) is 51.0 Å². The van der Waals surface area contributed by atoms with Crippen molar-refractivity contribution in [2.24, 2.45) is 5.10 Å². The zero-order chi connectivity index (χ0) is 19.6. The highest BCUT2D eigenvalue weighted by molar-refractivity contribution is 7.23. The molecule has 1 aromatic heterocycles. The smallest absolute Gasteiger partial charge is 0.257 e. The summed E-state index contributed by atoms with van der Waals surface area (Å²) in [5, 5.41) is 8.65. The Hall–Kier alpha value is -1.86. The van der Waals surface area contributed by atoms with Crippen molar-refractivity contribution in [2.45, 2.75) is 20.3 Å². The molecule has 0 atom stereocenters. The molecule has 0 saturated carbocycles. The largest absolute Gasteiger partial charge is 0.320 e. The highest BCUT2D eigenvalue weighted by atomic mass is 35.5. The van der Waals surface area contributed by atoms with E-state index >= 15 is 0 Å². The molecule has 0 aliphatic heterocycles. The Bertz CT molecular complexity index is 1050. The van der Waals surface area contributed by atoms with Gasteiger partial charge in [0.2, 0.25) is 5.13 Å². The van der Waals surface area contributed by atoms with Crippen LogP contribution in [0.3, 0.4) is 0 Å². The molecule has 0 radical (unpaired) electrons. The Labute approximate surface area is 175 Å². The van der Waals surface area contributed by atoms with Crippen LogP contribution in [0.25, 0.3) is 10.2 Å². The molecule has 9 heteroatoms. The number of hydrazone groups is 1. The van der Waals surface area contributed by atoms with Crippen LogP contribution in [0.5, 0.6) is 0 Å². The van der Waals surface area contributed by atoms with E-state index in [4.69, 9.17) is 34.8 Å². The van der Waals surface area contributed by atoms with Crippen LogP contribution < -0.4 is 10.7 Å². The van der Waals surface area contributed by atoms with Crippen LogP contribution in [0.1, 0.15) is 30.6 Å². The molecule has 0 spiro atoms. The average molecular weight is 442 g/mol. The van der Waals surface area contributed by atoms with Crippen molar-refractivity contribution < 1.29 is 4.79 Å². The molecule has 3 rings (SSSR count). The Morgan fingerprint density at radius 1 is 1.22 bits per heavy atom. The fraction of sp³-hybridized carbons (Fsp3) is 0.167. The van der Waals surface area contributed by atoms with Gasteiger partial charge in [-0.15, -0.1) is 0 Å². The van der Waals surface area contributed by atoms with Crippen molar-refractivity contribution >= 4 is 78.8 Å². The predicted molar refractivity (Wildman–Crippen MR) is 116 cm³/mol. The summed E-state index contributed by atoms with van der Waals surface area (Å²) < 4.78 is 0.658. The van der Waals surface area contributed by atoms with Crippen LogP contribution in [0, 0.1) is 0 Å². The fourth-order valence-corrected chi connectivity index (χ4v) is 3.91. The van der Waals surface area contributed by atoms with Gasteiger partial charge in [-0.25, -0.2) is 4.98 Å². The molecule has 0 saturated heterocycles. The van der Waals surface area contributed by atoms with Crippen molar-refractivity contribution in [3.8, 4) is 0 Å². The maximum absolute atomic E-state index is 12.5. The quantitative estimate of drug-likeness (QED) is 0.342. The highest BCUT2D eigenvalue weighted by Crippen LogP contribution is 2.41. The standard InChI is InChI=1S/C18H15Cl3N4OS/c1-3-9(2)24-25-18-23-15-12(20)8-13(14(21)16(15)27-18)22-17(26)10-6-4-5-7-11(10)19/h4-8H,3H2,1-2H3,(H,22,26)(H,23,25)/b24-9+. The monoisotopic (exact) mass is 440 g/mol. The zero-order valence-corrected chi connectivity index (χ0v) is 17.5. The van der Waals surface area contributed by atoms with Crippen LogP contribution in [-0.4, -0.2) is 16.6 Å². The van der Waals surface area contributed by atoms with Gasteiger partial charge >= 0.3 is 0 Å². The maximum Gasteiger partial charge on any atom is 0.257 e. The number of fused-ring (bicyclic) bond motifs is 1. The first-order chi connectivity index (χ1) is 12.9. The van der Waals surface area contributed by atoms with Gasteiger partial charge in [0.1, 0.15) is 5.52 Å². The summed E-state index contributed by atoms with van der Waals surface area (Å²) in [6.45, 7) is 3.93. The minimum absolute atomic E-state index is 0.350. The molecule has 3 aromatic rings. The third-order valence-electron chi connectivity index (χ3n) is 3.78. The number of carbonyl (C=O) groups excluding carboxylic acids is 1. The molecule has 0 aliphatic rings. The summed E-state index contributed by atoms with van der Waals surface area (Å²) in [6, 6.07) is 8.34. The number of aromatic nitrogens is 1. The molecule has 2 aromatic carbocycles. The molecule has 1 amide bonds. The number of nitrogens with one attached hydrogen (secondary N) is 2. The van der Waals surface area contributed by atoms with Gasteiger partial charge in [-0.05, 0) is 31.5 Å². The molecule has 0 unspecified atom stereocenters. The van der Waals surface area contributed by atoms with Gasteiger partial charge in [0.05, 0.1) is 31.0 Å². The Morgan fingerprint density at radius 2 is 1.96 bits per heavy atom. The molecule has 1 heterocycles. The van der Waals surface area contributed by atoms with E-state index in [2.05, 4.69) is 20.8 Å². The number of benzene rings is 2. The lowest BCUT2D eigenvalue weighted by Gasteiger charge is -2.09. The normalized spacial score (nSPS) is 11.7. The van der Waals surface area contributed by atoms with E-state index in [1.165, 1.54) is 11.3 Å². The maximum atomic E-state index is 12.5. The van der Waals surface area contributed by atoms with E-state index in [9.17, 15) is 4.79 Å². The number of amides is 1. The Morgan fingerprint density at radius 3 is 2.67 bits per heavy atom. The molecule has 27 heavy (non-hydrogen) atoms. The minimum Gasteiger partial charge on any atom is -0.320 e. The van der Waals surface area contributed by atoms with Crippen LogP contribution >= 0.6 is 46.1 Å². The van der Waals surface area contributed by atoms with Gasteiger partial charge in [0.15, 0.2) is 0 Å². The van der Waals surface area contributed by atoms with Gasteiger partial charge < -0.3 is 5.32 Å². The second kappa shape index (κ2) is 8.44. The number of thiazole rings is 1. The molecular weight excluding hydrogens is 427 g/mol. The average Bonchev–Trinajstić information content (AvgIpc) is 3.09. The third-order valence-corrected chi connectivity index (χ3v) is 5.88. The van der Waals surface area contributed by atoms with Crippen molar-refractivity contribution in [3.63, 3.8) is 0 Å². The van der Waals surface area contributed by atoms with E-state index in [-0.39, 0.29) is 5.91 Å². The summed E-state index contributed by atoms with van der Waals surface area (Å²) >= 11 is 20.2. The first-order valence-corrected chi connectivity index (χ1v) is 9.99. The van der Waals surface area contributed by atoms with Crippen molar-refractivity contribution in [1.29, 1.82) is 0 Å². The summed E-state index contributed by atoms with van der Waals surface area (Å²) in [6.07, 6.45) is 0.831. The summed E-state index contributed by atoms with van der Waals surface area (Å²) in [7, 11) is 0. The van der Waals surface area contributed by atoms with Crippen LogP contribution in [0.4, 0.5) is 10.8 Å². The van der Waals surface area contributed by atoms with Crippen molar-refractivity contribution in [1.82, 2.24) is 4.98 Å². The molecule has 2 N–H and O–H groups in total. The SMILES string of the molecule is CC/C(C)=N/Nc1nc2c(Cl)cc(NC(=O)c3ccccc3Cl)c(Cl)c2s1. The number of hydrogen-bond donors (Lipinski definition) is 2. The lowest BCUT2D eigenvalue weighted by molar-refractivity contribution is 0.102. The van der Waals surface area contributed by atoms with Crippen LogP contribution in [-0.2, 0) is 0 Å². The van der Waals surface area contributed by atoms with Crippen LogP contribution in [0.15, 0.2) is 35.4 Å². The van der Waals surface area contributed by atoms with E-state index in [0.29, 0.717) is 41.7 Å². The predicted octanol–water partition coefficient (Wildman–Crippen LogP) is 6.71. The van der Waals surface area contributed by atoms with E-state index < -0.39 is 0 Å². The summed E-state index contributed by atoms with van der Waals surface area (Å²) in [5.41, 5.74) is 5.14. The number of anilines is 2. The highest BCUT2D eigenvalue weighted by Gasteiger charge is 2.18. The Balaban J connectivity index is 1.94. The van der Waals surface area contributed by atoms with Crippen LogP contribution in [0.2, 0.25) is 15.1 Å². The zero-order valence-electron chi connectivity index (χ0n) is 14.4. The minimum atomic E-state index is -0.371. The fourth-order valence-electron chi connectivity index (χ4n) is 2.21. The molecule has 0 fully saturated rings. The number of halogens is 3. The van der Waals surface area contributed by atoms with E-state index in [1.807, 2.05) is 13.8 Å². The van der Waals surface area contributed by atoms with Gasteiger partial charge in [-0.1, -0.05) is 65.2 Å². The van der Waals surface area contributed by atoms with Crippen molar-refractivity contribution in [2.75, 3.05) is 10.7 Å². The van der Waals surface area contributed by atoms with Gasteiger partial charge in [0.25, 0.3) is 5.91 Å². The first-order valence-electron chi connectivity index (χ1n) is 8.04. The first kappa shape index (κ1) is 19.9. The molecular formula is C18H15Cl3N4OS. The lowest BCUT2D eigenvalue weighted by atomic mass is 10.2. The molecule has 140 valence electrons. The van der Waals surface area contributed by atoms with Gasteiger partial charge in [-0.3, -0.25) is 10.2 Å². The molecule has 0 aliphatic carbocycles. The Kier molecular flexibility index (Phi) is 6.22. The number of nitrogens with zero attached hydrogens (tertiary/aromatic N) is 2. The molecule has 5 nitrogen and oxygen atoms in total. The van der Waals surface area contributed by atoms with Gasteiger partial charge in [-0.2, -0.15) is 5.10 Å². The topological polar surface area (TPSA) is 66.4 Å². The number of rotatable bonds is 5. The lowest BCUT2D eigenvalue weighted by Crippen LogP contribution is -2.12. The second-order valence-electron chi connectivity index (χ2n) is 5.66. The molecule has 0 bridgehead atoms. The second-order valence-corrected chi connectivity index (χ2v) is 7.85.